The molecule has 0 aliphatic heterocycles. The van der Waals surface area contributed by atoms with Gasteiger partial charge in [-0.15, -0.1) is 0 Å². The molecule has 0 saturated heterocycles. The van der Waals surface area contributed by atoms with Crippen molar-refractivity contribution < 1.29 is 4.79 Å². The predicted octanol–water partition coefficient (Wildman–Crippen LogP) is 2.34. The van der Waals surface area contributed by atoms with E-state index in [-0.39, 0.29) is 17.5 Å². The summed E-state index contributed by atoms with van der Waals surface area (Å²) in [7, 11) is 1.84. The second kappa shape index (κ2) is 6.81. The van der Waals surface area contributed by atoms with Crippen LogP contribution in [0.3, 0.4) is 0 Å². The third kappa shape index (κ3) is 3.04. The lowest BCUT2D eigenvalue weighted by Gasteiger charge is -2.13. The number of nitrogens with one attached hydrogen (secondary N) is 2. The van der Waals surface area contributed by atoms with Crippen LogP contribution in [0.15, 0.2) is 59.5 Å². The summed E-state index contributed by atoms with van der Waals surface area (Å²) in [6, 6.07) is 15.1. The maximum absolute atomic E-state index is 13.0. The Bertz CT molecular complexity index is 1230. The third-order valence-corrected chi connectivity index (χ3v) is 4.81. The number of pyridine rings is 1. The van der Waals surface area contributed by atoms with E-state index in [4.69, 9.17) is 0 Å². The highest BCUT2D eigenvalue weighted by Crippen LogP contribution is 2.20. The molecule has 6 nitrogen and oxygen atoms in total. The molecule has 2 aromatic heterocycles. The van der Waals surface area contributed by atoms with Crippen LogP contribution in [-0.2, 0) is 0 Å². The smallest absolute Gasteiger partial charge is 0.265 e. The van der Waals surface area contributed by atoms with Gasteiger partial charge in [-0.3, -0.25) is 14.0 Å². The number of amides is 1. The quantitative estimate of drug-likeness (QED) is 0.548. The topological polar surface area (TPSA) is 75.5 Å². The Morgan fingerprint density at radius 1 is 1.15 bits per heavy atom. The molecule has 0 bridgehead atoms. The average Bonchev–Trinajstić information content (AvgIpc) is 2.70. The maximum atomic E-state index is 13.0. The highest BCUT2D eigenvalue weighted by Gasteiger charge is 2.15. The number of carbonyl (C=O) groups is 1. The molecule has 1 atom stereocenters. The van der Waals surface area contributed by atoms with Crippen molar-refractivity contribution in [3.8, 4) is 0 Å². The fourth-order valence-electron chi connectivity index (χ4n) is 3.13. The van der Waals surface area contributed by atoms with Gasteiger partial charge in [-0.25, -0.2) is 4.98 Å². The summed E-state index contributed by atoms with van der Waals surface area (Å²) < 4.78 is 1.44. The highest BCUT2D eigenvalue weighted by molar-refractivity contribution is 6.02. The fourth-order valence-corrected chi connectivity index (χ4v) is 3.13. The molecule has 6 heteroatoms. The van der Waals surface area contributed by atoms with Gasteiger partial charge in [0.1, 0.15) is 0 Å². The summed E-state index contributed by atoms with van der Waals surface area (Å²) in [6.45, 7) is 2.46. The van der Waals surface area contributed by atoms with Crippen LogP contribution in [0.5, 0.6) is 0 Å². The number of nitrogens with zero attached hydrogens (tertiary/aromatic N) is 2. The Balaban J connectivity index is 1.90. The molecule has 0 aliphatic rings. The van der Waals surface area contributed by atoms with Crippen LogP contribution < -0.4 is 16.2 Å². The summed E-state index contributed by atoms with van der Waals surface area (Å²) in [5.41, 5.74) is 1.15. The second-order valence-corrected chi connectivity index (χ2v) is 6.65. The first-order valence-corrected chi connectivity index (χ1v) is 8.88. The van der Waals surface area contributed by atoms with Gasteiger partial charge in [-0.2, -0.15) is 0 Å². The number of aromatic nitrogens is 2. The maximum Gasteiger partial charge on any atom is 0.265 e. The largest absolute Gasteiger partial charge is 0.350 e. The minimum Gasteiger partial charge on any atom is -0.350 e. The number of benzene rings is 2. The molecule has 2 heterocycles. The van der Waals surface area contributed by atoms with Crippen LogP contribution in [0.2, 0.25) is 0 Å². The van der Waals surface area contributed by atoms with Crippen LogP contribution in [0.1, 0.15) is 17.3 Å². The molecule has 0 aliphatic carbocycles. The molecule has 136 valence electrons. The van der Waals surface area contributed by atoms with E-state index < -0.39 is 0 Å². The van der Waals surface area contributed by atoms with Crippen molar-refractivity contribution in [3.05, 3.63) is 70.6 Å². The normalized spacial score (nSPS) is 12.5. The zero-order valence-corrected chi connectivity index (χ0v) is 15.2. The Morgan fingerprint density at radius 3 is 2.63 bits per heavy atom. The summed E-state index contributed by atoms with van der Waals surface area (Å²) in [5, 5.41) is 8.48. The molecule has 2 aromatic carbocycles. The fraction of sp³-hybridized carbons (Fsp3) is 0.190. The first-order chi connectivity index (χ1) is 13.1. The van der Waals surface area contributed by atoms with Gasteiger partial charge < -0.3 is 10.6 Å². The van der Waals surface area contributed by atoms with Gasteiger partial charge in [0.15, 0.2) is 5.65 Å². The zero-order chi connectivity index (χ0) is 19.0. The highest BCUT2D eigenvalue weighted by atomic mass is 16.2. The standard InChI is InChI=1S/C21H20N4O2/c1-13(22-2)12-23-20(26)16-8-5-9-25-19(16)24-18-11-15-7-4-3-6-14(15)10-17(18)21(25)27/h3-11,13,22H,12H2,1-2H3,(H,23,26)/t13-/m1/s1. The monoisotopic (exact) mass is 360 g/mol. The minimum absolute atomic E-state index is 0.145. The SMILES string of the molecule is CN[C@H](C)CNC(=O)c1cccn2c(=O)c3cc4ccccc4cc3nc12. The molecule has 27 heavy (non-hydrogen) atoms. The van der Waals surface area contributed by atoms with E-state index in [2.05, 4.69) is 15.6 Å². The van der Waals surface area contributed by atoms with Crippen molar-refractivity contribution in [1.29, 1.82) is 0 Å². The van der Waals surface area contributed by atoms with Gasteiger partial charge in [0.25, 0.3) is 11.5 Å². The van der Waals surface area contributed by atoms with Gasteiger partial charge >= 0.3 is 0 Å². The first-order valence-electron chi connectivity index (χ1n) is 8.88. The van der Waals surface area contributed by atoms with Gasteiger partial charge in [-0.05, 0) is 49.0 Å². The summed E-state index contributed by atoms with van der Waals surface area (Å²) in [6.07, 6.45) is 1.65. The van der Waals surface area contributed by atoms with E-state index in [1.807, 2.05) is 50.4 Å². The summed E-state index contributed by atoms with van der Waals surface area (Å²) in [4.78, 5) is 30.3. The van der Waals surface area contributed by atoms with Crippen molar-refractivity contribution >= 4 is 33.2 Å². The molecule has 0 radical (unpaired) electrons. The van der Waals surface area contributed by atoms with E-state index >= 15 is 0 Å². The van der Waals surface area contributed by atoms with Crippen LogP contribution in [-0.4, -0.2) is 34.9 Å². The predicted molar refractivity (Wildman–Crippen MR) is 107 cm³/mol. The summed E-state index contributed by atoms with van der Waals surface area (Å²) in [5.74, 6) is -0.248. The molecular weight excluding hydrogens is 340 g/mol. The minimum atomic E-state index is -0.248. The first kappa shape index (κ1) is 17.2. The van der Waals surface area contributed by atoms with Crippen molar-refractivity contribution in [3.63, 3.8) is 0 Å². The van der Waals surface area contributed by atoms with Gasteiger partial charge in [0.2, 0.25) is 0 Å². The molecule has 0 spiro atoms. The van der Waals surface area contributed by atoms with Gasteiger partial charge in [0.05, 0.1) is 16.5 Å². The van der Waals surface area contributed by atoms with Crippen molar-refractivity contribution in [2.45, 2.75) is 13.0 Å². The van der Waals surface area contributed by atoms with E-state index in [9.17, 15) is 9.59 Å². The molecule has 0 fully saturated rings. The van der Waals surface area contributed by atoms with Gasteiger partial charge in [0, 0.05) is 18.8 Å². The van der Waals surface area contributed by atoms with E-state index in [1.54, 1.807) is 18.3 Å². The van der Waals surface area contributed by atoms with E-state index in [1.165, 1.54) is 4.40 Å². The van der Waals surface area contributed by atoms with Crippen molar-refractivity contribution in [1.82, 2.24) is 20.0 Å². The molecule has 4 aromatic rings. The zero-order valence-electron chi connectivity index (χ0n) is 15.2. The Hall–Kier alpha value is -3.25. The summed E-state index contributed by atoms with van der Waals surface area (Å²) >= 11 is 0. The number of fused-ring (bicyclic) bond motifs is 3. The molecule has 1 amide bonds. The van der Waals surface area contributed by atoms with Crippen LogP contribution in [0.25, 0.3) is 27.3 Å². The number of carbonyl (C=O) groups excluding carboxylic acids is 1. The van der Waals surface area contributed by atoms with Crippen LogP contribution in [0.4, 0.5) is 0 Å². The number of likely N-dealkylation sites (N-methyl/N-ethyl adjacent to an activating group) is 1. The van der Waals surface area contributed by atoms with E-state index in [0.29, 0.717) is 28.7 Å². The molecule has 0 unspecified atom stereocenters. The Kier molecular flexibility index (Phi) is 4.33. The molecule has 2 N–H and O–H groups in total. The second-order valence-electron chi connectivity index (χ2n) is 6.65. The Morgan fingerprint density at radius 2 is 1.89 bits per heavy atom. The van der Waals surface area contributed by atoms with E-state index in [0.717, 1.165) is 10.8 Å². The van der Waals surface area contributed by atoms with Crippen LogP contribution in [0, 0.1) is 0 Å². The molecular formula is C21H20N4O2. The van der Waals surface area contributed by atoms with Crippen molar-refractivity contribution in [2.24, 2.45) is 0 Å². The van der Waals surface area contributed by atoms with Gasteiger partial charge in [-0.1, -0.05) is 24.3 Å². The molecule has 0 saturated carbocycles. The third-order valence-electron chi connectivity index (χ3n) is 4.81. The lowest BCUT2D eigenvalue weighted by molar-refractivity contribution is 0.0951. The van der Waals surface area contributed by atoms with Crippen molar-refractivity contribution in [2.75, 3.05) is 13.6 Å². The van der Waals surface area contributed by atoms with Crippen LogP contribution >= 0.6 is 0 Å². The molecule has 4 rings (SSSR count). The lowest BCUT2D eigenvalue weighted by Crippen LogP contribution is -2.37. The lowest BCUT2D eigenvalue weighted by atomic mass is 10.1. The number of hydrogen-bond acceptors (Lipinski definition) is 4. The average molecular weight is 360 g/mol. The Labute approximate surface area is 155 Å². The number of rotatable bonds is 4. The number of hydrogen-bond donors (Lipinski definition) is 2.